The lowest BCUT2D eigenvalue weighted by Crippen LogP contribution is -2.39. The summed E-state index contributed by atoms with van der Waals surface area (Å²) in [5, 5.41) is 11.5. The van der Waals surface area contributed by atoms with Crippen LogP contribution in [0.5, 0.6) is 0 Å². The minimum atomic E-state index is -1.62. The fourth-order valence-electron chi connectivity index (χ4n) is 2.06. The molecule has 0 amide bonds. The fourth-order valence-corrected chi connectivity index (χ4v) is 3.96. The molecule has 1 unspecified atom stereocenters. The topological polar surface area (TPSA) is 20.2 Å². The molecule has 1 atom stereocenters. The first-order chi connectivity index (χ1) is 9.09. The molecule has 2 rings (SSSR count). The average molecular weight is 268 g/mol. The highest BCUT2D eigenvalue weighted by Gasteiger charge is 2.19. The van der Waals surface area contributed by atoms with E-state index in [1.807, 2.05) is 42.5 Å². The van der Waals surface area contributed by atoms with Crippen LogP contribution in [0, 0.1) is 0 Å². The van der Waals surface area contributed by atoms with Gasteiger partial charge in [0.25, 0.3) is 0 Å². The van der Waals surface area contributed by atoms with Crippen molar-refractivity contribution in [1.29, 1.82) is 0 Å². The Hall–Kier alpha value is -1.64. The lowest BCUT2D eigenvalue weighted by molar-refractivity contribution is 0.229. The van der Waals surface area contributed by atoms with Gasteiger partial charge >= 0.3 is 0 Å². The summed E-state index contributed by atoms with van der Waals surface area (Å²) in [6, 6.07) is 20.3. The largest absolute Gasteiger partial charge is 0.384 e. The number of rotatable bonds is 4. The highest BCUT2D eigenvalue weighted by molar-refractivity contribution is 6.93. The Balaban J connectivity index is 2.14. The van der Waals surface area contributed by atoms with Gasteiger partial charge in [-0.05, 0) is 5.56 Å². The highest BCUT2D eigenvalue weighted by Crippen LogP contribution is 2.15. The first kappa shape index (κ1) is 13.8. The Morgan fingerprint density at radius 1 is 0.895 bits per heavy atom. The number of aliphatic hydroxyl groups is 1. The molecule has 0 aliphatic rings. The second kappa shape index (κ2) is 6.00. The van der Waals surface area contributed by atoms with Crippen LogP contribution in [0.4, 0.5) is 0 Å². The zero-order valence-electron chi connectivity index (χ0n) is 11.5. The third-order valence-corrected chi connectivity index (χ3v) is 6.20. The minimum Gasteiger partial charge on any atom is -0.384 e. The van der Waals surface area contributed by atoms with Gasteiger partial charge in [0.15, 0.2) is 0 Å². The Morgan fingerprint density at radius 3 is 2.00 bits per heavy atom. The van der Waals surface area contributed by atoms with Crippen LogP contribution in [0.15, 0.2) is 72.4 Å². The van der Waals surface area contributed by atoms with Gasteiger partial charge in [0.1, 0.15) is 8.07 Å². The smallest absolute Gasteiger partial charge is 0.103 e. The zero-order chi connectivity index (χ0) is 13.7. The van der Waals surface area contributed by atoms with E-state index in [2.05, 4.69) is 43.1 Å². The lowest BCUT2D eigenvalue weighted by atomic mass is 10.1. The number of hydrogen-bond donors (Lipinski definition) is 1. The second-order valence-corrected chi connectivity index (χ2v) is 9.66. The molecule has 0 aromatic heterocycles. The summed E-state index contributed by atoms with van der Waals surface area (Å²) in [4.78, 5) is 0. The van der Waals surface area contributed by atoms with Crippen molar-refractivity contribution in [2.75, 3.05) is 0 Å². The molecular weight excluding hydrogens is 248 g/mol. The second-order valence-electron chi connectivity index (χ2n) is 5.30. The maximum atomic E-state index is 10.2. The summed E-state index contributed by atoms with van der Waals surface area (Å²) in [6.45, 7) is 4.58. The first-order valence-electron chi connectivity index (χ1n) is 6.57. The molecule has 2 aromatic carbocycles. The molecule has 0 saturated carbocycles. The predicted octanol–water partition coefficient (Wildman–Crippen LogP) is 3.43. The van der Waals surface area contributed by atoms with Gasteiger partial charge in [-0.25, -0.2) is 0 Å². The van der Waals surface area contributed by atoms with Crippen LogP contribution in [-0.2, 0) is 0 Å². The van der Waals surface area contributed by atoms with Gasteiger partial charge in [-0.1, -0.05) is 90.7 Å². The monoisotopic (exact) mass is 268 g/mol. The summed E-state index contributed by atoms with van der Waals surface area (Å²) in [7, 11) is -1.62. The Morgan fingerprint density at radius 2 is 1.42 bits per heavy atom. The third kappa shape index (κ3) is 3.66. The molecule has 1 N–H and O–H groups in total. The lowest BCUT2D eigenvalue weighted by Gasteiger charge is -2.19. The van der Waals surface area contributed by atoms with Gasteiger partial charge < -0.3 is 5.11 Å². The summed E-state index contributed by atoms with van der Waals surface area (Å²) < 4.78 is 0. The van der Waals surface area contributed by atoms with Gasteiger partial charge in [-0.3, -0.25) is 0 Å². The fraction of sp³-hybridized carbons (Fsp3) is 0.176. The average Bonchev–Trinajstić information content (AvgIpc) is 2.47. The van der Waals surface area contributed by atoms with Crippen LogP contribution in [0.3, 0.4) is 0 Å². The Bertz CT molecular complexity index is 532. The molecule has 0 radical (unpaired) electrons. The van der Waals surface area contributed by atoms with Gasteiger partial charge in [0.05, 0.1) is 6.10 Å². The van der Waals surface area contributed by atoms with Crippen molar-refractivity contribution in [2.45, 2.75) is 19.2 Å². The van der Waals surface area contributed by atoms with Crippen LogP contribution in [-0.4, -0.2) is 13.2 Å². The van der Waals surface area contributed by atoms with E-state index in [9.17, 15) is 5.11 Å². The number of aliphatic hydroxyl groups excluding tert-OH is 1. The maximum absolute atomic E-state index is 10.2. The molecule has 2 aromatic rings. The SMILES string of the molecule is C[Si](C)(/C=C/C(O)c1ccccc1)c1ccccc1. The number of benzene rings is 2. The van der Waals surface area contributed by atoms with E-state index in [1.54, 1.807) is 0 Å². The van der Waals surface area contributed by atoms with Crippen LogP contribution in [0.1, 0.15) is 11.7 Å². The van der Waals surface area contributed by atoms with Crippen LogP contribution in [0.2, 0.25) is 13.1 Å². The molecule has 1 nitrogen and oxygen atoms in total. The molecule has 0 saturated heterocycles. The molecular formula is C17H20OSi. The minimum absolute atomic E-state index is 0.517. The highest BCUT2D eigenvalue weighted by atomic mass is 28.3. The van der Waals surface area contributed by atoms with Crippen LogP contribution in [0.25, 0.3) is 0 Å². The standard InChI is InChI=1S/C17H20OSi/c1-19(2,16-11-7-4-8-12-16)14-13-17(18)15-9-5-3-6-10-15/h3-14,17-18H,1-2H3/b14-13+. The molecule has 0 spiro atoms. The van der Waals surface area contributed by atoms with Crippen molar-refractivity contribution in [3.63, 3.8) is 0 Å². The predicted molar refractivity (Wildman–Crippen MR) is 84.1 cm³/mol. The summed E-state index contributed by atoms with van der Waals surface area (Å²) in [5.74, 6) is 0. The first-order valence-corrected chi connectivity index (χ1v) is 9.65. The molecule has 98 valence electrons. The van der Waals surface area contributed by atoms with Gasteiger partial charge in [0, 0.05) is 0 Å². The molecule has 0 heterocycles. The van der Waals surface area contributed by atoms with Gasteiger partial charge in [-0.2, -0.15) is 0 Å². The molecule has 0 fully saturated rings. The van der Waals surface area contributed by atoms with E-state index in [0.29, 0.717) is 0 Å². The van der Waals surface area contributed by atoms with E-state index in [4.69, 9.17) is 0 Å². The van der Waals surface area contributed by atoms with E-state index < -0.39 is 14.2 Å². The van der Waals surface area contributed by atoms with Crippen molar-refractivity contribution in [1.82, 2.24) is 0 Å². The van der Waals surface area contributed by atoms with Crippen LogP contribution < -0.4 is 5.19 Å². The van der Waals surface area contributed by atoms with E-state index in [1.165, 1.54) is 5.19 Å². The maximum Gasteiger partial charge on any atom is 0.103 e. The molecule has 0 aliphatic heterocycles. The van der Waals surface area contributed by atoms with Crippen LogP contribution >= 0.6 is 0 Å². The van der Waals surface area contributed by atoms with E-state index in [0.717, 1.165) is 5.56 Å². The zero-order valence-corrected chi connectivity index (χ0v) is 12.5. The summed E-state index contributed by atoms with van der Waals surface area (Å²) in [5.41, 5.74) is 3.15. The van der Waals surface area contributed by atoms with Gasteiger partial charge in [-0.15, -0.1) is 0 Å². The third-order valence-electron chi connectivity index (χ3n) is 3.35. The Labute approximate surface area is 116 Å². The molecule has 19 heavy (non-hydrogen) atoms. The molecule has 2 heteroatoms. The normalized spacial score (nSPS) is 13.6. The van der Waals surface area contributed by atoms with Crippen molar-refractivity contribution >= 4 is 13.3 Å². The Kier molecular flexibility index (Phi) is 4.35. The summed E-state index contributed by atoms with van der Waals surface area (Å²) >= 11 is 0. The number of hydrogen-bond acceptors (Lipinski definition) is 1. The van der Waals surface area contributed by atoms with Gasteiger partial charge in [0.2, 0.25) is 0 Å². The molecule has 0 bridgehead atoms. The van der Waals surface area contributed by atoms with Crippen molar-refractivity contribution in [3.05, 3.63) is 78.0 Å². The van der Waals surface area contributed by atoms with Crippen molar-refractivity contribution < 1.29 is 5.11 Å². The van der Waals surface area contributed by atoms with E-state index in [-0.39, 0.29) is 0 Å². The van der Waals surface area contributed by atoms with Crippen molar-refractivity contribution in [2.24, 2.45) is 0 Å². The molecule has 0 aliphatic carbocycles. The van der Waals surface area contributed by atoms with E-state index >= 15 is 0 Å². The summed E-state index contributed by atoms with van der Waals surface area (Å²) in [6.07, 6.45) is 1.41. The van der Waals surface area contributed by atoms with Crippen molar-refractivity contribution in [3.8, 4) is 0 Å². The quantitative estimate of drug-likeness (QED) is 0.842.